The van der Waals surface area contributed by atoms with Gasteiger partial charge in [0.25, 0.3) is 0 Å². The van der Waals surface area contributed by atoms with Crippen LogP contribution in [0.4, 0.5) is 5.82 Å². The highest BCUT2D eigenvalue weighted by Crippen LogP contribution is 2.22. The topological polar surface area (TPSA) is 69.2 Å². The molecule has 6 heteroatoms. The second-order valence-corrected chi connectivity index (χ2v) is 4.88. The highest BCUT2D eigenvalue weighted by atomic mass is 16.5. The van der Waals surface area contributed by atoms with Crippen LogP contribution in [0.2, 0.25) is 0 Å². The minimum absolute atomic E-state index is 0.542. The van der Waals surface area contributed by atoms with Gasteiger partial charge in [-0.1, -0.05) is 0 Å². The fourth-order valence-electron chi connectivity index (χ4n) is 2.36. The number of rotatable bonds is 4. The normalized spacial score (nSPS) is 16.4. The molecule has 3 heterocycles. The minimum atomic E-state index is 0.542. The zero-order valence-corrected chi connectivity index (χ0v) is 11.4. The third-order valence-corrected chi connectivity index (χ3v) is 3.53. The molecular weight excluding hydrogens is 254 g/mol. The third kappa shape index (κ3) is 2.97. The SMILES string of the molecule is Nc1ncccc1-c1cnn(CCN2CCOCC2)c1. The number of nitrogen functional groups attached to an aromatic ring is 1. The summed E-state index contributed by atoms with van der Waals surface area (Å²) in [5, 5.41) is 4.39. The molecule has 0 aromatic carbocycles. The fourth-order valence-corrected chi connectivity index (χ4v) is 2.36. The summed E-state index contributed by atoms with van der Waals surface area (Å²) in [5.74, 6) is 0.542. The number of pyridine rings is 1. The molecule has 0 amide bonds. The van der Waals surface area contributed by atoms with Crippen LogP contribution in [0.5, 0.6) is 0 Å². The van der Waals surface area contributed by atoms with Crippen molar-refractivity contribution in [3.63, 3.8) is 0 Å². The Morgan fingerprint density at radius 3 is 2.90 bits per heavy atom. The first-order valence-electron chi connectivity index (χ1n) is 6.86. The summed E-state index contributed by atoms with van der Waals surface area (Å²) in [7, 11) is 0. The largest absolute Gasteiger partial charge is 0.383 e. The number of morpholine rings is 1. The van der Waals surface area contributed by atoms with Crippen molar-refractivity contribution in [2.75, 3.05) is 38.6 Å². The van der Waals surface area contributed by atoms with Crippen LogP contribution < -0.4 is 5.73 Å². The molecule has 1 saturated heterocycles. The Balaban J connectivity index is 1.63. The van der Waals surface area contributed by atoms with E-state index in [0.717, 1.165) is 50.5 Å². The van der Waals surface area contributed by atoms with Gasteiger partial charge in [0.05, 0.1) is 26.0 Å². The molecule has 2 aromatic rings. The van der Waals surface area contributed by atoms with Crippen LogP contribution in [0.25, 0.3) is 11.1 Å². The van der Waals surface area contributed by atoms with Crippen molar-refractivity contribution in [3.05, 3.63) is 30.7 Å². The predicted molar refractivity (Wildman–Crippen MR) is 77.1 cm³/mol. The van der Waals surface area contributed by atoms with Gasteiger partial charge in [-0.25, -0.2) is 4.98 Å². The monoisotopic (exact) mass is 273 g/mol. The van der Waals surface area contributed by atoms with Gasteiger partial charge >= 0.3 is 0 Å². The lowest BCUT2D eigenvalue weighted by molar-refractivity contribution is 0.0360. The maximum Gasteiger partial charge on any atom is 0.131 e. The molecule has 20 heavy (non-hydrogen) atoms. The maximum atomic E-state index is 5.88. The summed E-state index contributed by atoms with van der Waals surface area (Å²) in [6.07, 6.45) is 5.56. The van der Waals surface area contributed by atoms with E-state index in [1.165, 1.54) is 0 Å². The van der Waals surface area contributed by atoms with Crippen molar-refractivity contribution in [3.8, 4) is 11.1 Å². The molecule has 0 saturated carbocycles. The van der Waals surface area contributed by atoms with E-state index in [1.54, 1.807) is 6.20 Å². The molecular formula is C14H19N5O. The van der Waals surface area contributed by atoms with Crippen molar-refractivity contribution in [1.82, 2.24) is 19.7 Å². The van der Waals surface area contributed by atoms with Gasteiger partial charge in [-0.05, 0) is 12.1 Å². The molecule has 1 aliphatic rings. The molecule has 0 bridgehead atoms. The molecule has 3 rings (SSSR count). The summed E-state index contributed by atoms with van der Waals surface area (Å²) in [6, 6.07) is 3.85. The fraction of sp³-hybridized carbons (Fsp3) is 0.429. The lowest BCUT2D eigenvalue weighted by Gasteiger charge is -2.26. The molecule has 0 unspecified atom stereocenters. The Kier molecular flexibility index (Phi) is 3.94. The summed E-state index contributed by atoms with van der Waals surface area (Å²) >= 11 is 0. The number of aromatic nitrogens is 3. The van der Waals surface area contributed by atoms with Gasteiger partial charge in [-0.2, -0.15) is 5.10 Å². The van der Waals surface area contributed by atoms with E-state index < -0.39 is 0 Å². The van der Waals surface area contributed by atoms with Crippen molar-refractivity contribution < 1.29 is 4.74 Å². The molecule has 0 spiro atoms. The molecule has 2 N–H and O–H groups in total. The van der Waals surface area contributed by atoms with E-state index >= 15 is 0 Å². The van der Waals surface area contributed by atoms with Crippen LogP contribution in [0.15, 0.2) is 30.7 Å². The molecule has 1 fully saturated rings. The summed E-state index contributed by atoms with van der Waals surface area (Å²) in [4.78, 5) is 6.49. The van der Waals surface area contributed by atoms with Crippen LogP contribution in [0.3, 0.4) is 0 Å². The molecule has 0 aliphatic carbocycles. The van der Waals surface area contributed by atoms with Gasteiger partial charge in [0.2, 0.25) is 0 Å². The summed E-state index contributed by atoms with van der Waals surface area (Å²) < 4.78 is 7.30. The number of ether oxygens (including phenoxy) is 1. The van der Waals surface area contributed by atoms with Crippen LogP contribution in [0, 0.1) is 0 Å². The second-order valence-electron chi connectivity index (χ2n) is 4.88. The van der Waals surface area contributed by atoms with Gasteiger partial charge in [-0.15, -0.1) is 0 Å². The van der Waals surface area contributed by atoms with Crippen LogP contribution >= 0.6 is 0 Å². The standard InChI is InChI=1S/C14H19N5O/c15-14-13(2-1-3-16-14)12-10-17-19(11-12)5-4-18-6-8-20-9-7-18/h1-3,10-11H,4-9H2,(H2,15,16). The van der Waals surface area contributed by atoms with E-state index in [1.807, 2.05) is 29.2 Å². The molecule has 0 atom stereocenters. The van der Waals surface area contributed by atoms with E-state index in [2.05, 4.69) is 15.0 Å². The third-order valence-electron chi connectivity index (χ3n) is 3.53. The molecule has 106 valence electrons. The number of anilines is 1. The van der Waals surface area contributed by atoms with Gasteiger partial charge < -0.3 is 10.5 Å². The minimum Gasteiger partial charge on any atom is -0.383 e. The first kappa shape index (κ1) is 13.1. The highest BCUT2D eigenvalue weighted by molar-refractivity contribution is 5.72. The Bertz CT molecular complexity index is 562. The first-order valence-corrected chi connectivity index (χ1v) is 6.86. The highest BCUT2D eigenvalue weighted by Gasteiger charge is 2.11. The van der Waals surface area contributed by atoms with E-state index in [4.69, 9.17) is 10.5 Å². The van der Waals surface area contributed by atoms with Crippen LogP contribution in [-0.2, 0) is 11.3 Å². The van der Waals surface area contributed by atoms with E-state index in [-0.39, 0.29) is 0 Å². The van der Waals surface area contributed by atoms with Gasteiger partial charge in [0, 0.05) is 43.2 Å². The van der Waals surface area contributed by atoms with E-state index in [0.29, 0.717) is 5.82 Å². The quantitative estimate of drug-likeness (QED) is 0.894. The van der Waals surface area contributed by atoms with Gasteiger partial charge in [0.1, 0.15) is 5.82 Å². The predicted octanol–water partition coefficient (Wildman–Crippen LogP) is 0.859. The van der Waals surface area contributed by atoms with Crippen LogP contribution in [-0.4, -0.2) is 52.5 Å². The van der Waals surface area contributed by atoms with Crippen LogP contribution in [0.1, 0.15) is 0 Å². The number of hydrogen-bond acceptors (Lipinski definition) is 5. The summed E-state index contributed by atoms with van der Waals surface area (Å²) in [5.41, 5.74) is 7.83. The molecule has 6 nitrogen and oxygen atoms in total. The Hall–Kier alpha value is -1.92. The lowest BCUT2D eigenvalue weighted by Crippen LogP contribution is -2.38. The average Bonchev–Trinajstić information content (AvgIpc) is 2.95. The molecule has 2 aromatic heterocycles. The number of nitrogens with two attached hydrogens (primary N) is 1. The second kappa shape index (κ2) is 6.02. The Morgan fingerprint density at radius 1 is 1.25 bits per heavy atom. The molecule has 1 aliphatic heterocycles. The lowest BCUT2D eigenvalue weighted by atomic mass is 10.1. The van der Waals surface area contributed by atoms with Crippen molar-refractivity contribution >= 4 is 5.82 Å². The average molecular weight is 273 g/mol. The van der Waals surface area contributed by atoms with Gasteiger partial charge in [-0.3, -0.25) is 9.58 Å². The van der Waals surface area contributed by atoms with Crippen molar-refractivity contribution in [2.24, 2.45) is 0 Å². The zero-order valence-electron chi connectivity index (χ0n) is 11.4. The number of hydrogen-bond donors (Lipinski definition) is 1. The smallest absolute Gasteiger partial charge is 0.131 e. The maximum absolute atomic E-state index is 5.88. The van der Waals surface area contributed by atoms with Crippen molar-refractivity contribution in [1.29, 1.82) is 0 Å². The van der Waals surface area contributed by atoms with E-state index in [9.17, 15) is 0 Å². The Labute approximate surface area is 118 Å². The summed E-state index contributed by atoms with van der Waals surface area (Å²) in [6.45, 7) is 5.54. The van der Waals surface area contributed by atoms with Gasteiger partial charge in [0.15, 0.2) is 0 Å². The zero-order chi connectivity index (χ0) is 13.8. The Morgan fingerprint density at radius 2 is 2.10 bits per heavy atom. The molecule has 0 radical (unpaired) electrons. The number of nitrogens with zero attached hydrogens (tertiary/aromatic N) is 4. The first-order chi connectivity index (χ1) is 9.83. The van der Waals surface area contributed by atoms with Crippen molar-refractivity contribution in [2.45, 2.75) is 6.54 Å².